The Kier molecular flexibility index (Phi) is 9.35. The van der Waals surface area contributed by atoms with Crippen molar-refractivity contribution in [2.45, 2.75) is 51.3 Å². The summed E-state index contributed by atoms with van der Waals surface area (Å²) in [5.41, 5.74) is 2.68. The highest BCUT2D eigenvalue weighted by molar-refractivity contribution is 7.59. The van der Waals surface area contributed by atoms with Crippen LogP contribution >= 0.6 is 7.37 Å². The van der Waals surface area contributed by atoms with Crippen molar-refractivity contribution >= 4 is 36.8 Å². The van der Waals surface area contributed by atoms with E-state index in [1.54, 1.807) is 31.2 Å². The Bertz CT molecular complexity index is 1530. The van der Waals surface area contributed by atoms with Gasteiger partial charge in [-0.25, -0.2) is 0 Å². The van der Waals surface area contributed by atoms with Gasteiger partial charge in [-0.2, -0.15) is 0 Å². The molecule has 2 amide bonds. The number of rotatable bonds is 12. The van der Waals surface area contributed by atoms with Gasteiger partial charge >= 0.3 is 0 Å². The number of carbonyl (C=O) groups excluding carboxylic acids is 2. The lowest BCUT2D eigenvalue weighted by Crippen LogP contribution is -2.36. The Hall–Kier alpha value is -3.60. The molecule has 3 atom stereocenters. The largest absolute Gasteiger partial charge is 0.493 e. The number of methoxy groups -OCH3 is 1. The van der Waals surface area contributed by atoms with Crippen LogP contribution in [0.1, 0.15) is 58.9 Å². The van der Waals surface area contributed by atoms with E-state index >= 15 is 0 Å². The van der Waals surface area contributed by atoms with Gasteiger partial charge in [-0.1, -0.05) is 0 Å². The van der Waals surface area contributed by atoms with Crippen LogP contribution in [0.25, 0.3) is 0 Å². The average molecular weight is 641 g/mol. The summed E-state index contributed by atoms with van der Waals surface area (Å²) in [6, 6.07) is 6.94. The highest BCUT2D eigenvalue weighted by atomic mass is 31.2. The highest BCUT2D eigenvalue weighted by Crippen LogP contribution is 2.47. The van der Waals surface area contributed by atoms with Gasteiger partial charge in [0.15, 0.2) is 11.5 Å². The zero-order valence-corrected chi connectivity index (χ0v) is 26.7. The second-order valence-corrected chi connectivity index (χ2v) is 14.5. The molecular formula is C32H41N4O8P. The van der Waals surface area contributed by atoms with E-state index in [4.69, 9.17) is 18.7 Å². The van der Waals surface area contributed by atoms with E-state index in [9.17, 15) is 19.3 Å². The first-order chi connectivity index (χ1) is 21.8. The average Bonchev–Trinajstić information content (AvgIpc) is 3.67. The fourth-order valence-electron chi connectivity index (χ4n) is 6.59. The zero-order valence-electron chi connectivity index (χ0n) is 25.8. The van der Waals surface area contributed by atoms with Crippen LogP contribution in [0.2, 0.25) is 0 Å². The molecule has 4 aliphatic heterocycles. The maximum atomic E-state index is 13.8. The number of nitrogens with one attached hydrogen (secondary N) is 1. The van der Waals surface area contributed by atoms with Crippen molar-refractivity contribution in [3.05, 3.63) is 41.0 Å². The molecule has 0 radical (unpaired) electrons. The standard InChI is InChI=1S/C32H41N4O8P/c1-3-44-45(40,12-10-42-28-16-26-24(14-21(28)20-37)31(38)35-8-4-6-22(35)18-33-26)13-11-43-30-17-27-25(15-29(30)41-2)32(39)36-9-5-7-23(36)19-34-27/h14-17,19,22-23,33,37H,3-13,18,20H2,1-2H3/t22-,23-,45?/m0/s1. The number of carbonyl (C=O) groups is 2. The summed E-state index contributed by atoms with van der Waals surface area (Å²) < 4.78 is 37.1. The van der Waals surface area contributed by atoms with Crippen molar-refractivity contribution in [2.24, 2.45) is 4.99 Å². The number of hydrogen-bond acceptors (Lipinski definition) is 10. The number of hydrogen-bond donors (Lipinski definition) is 2. The van der Waals surface area contributed by atoms with E-state index in [0.29, 0.717) is 58.4 Å². The van der Waals surface area contributed by atoms with E-state index < -0.39 is 7.37 Å². The molecule has 4 aliphatic rings. The number of nitrogens with zero attached hydrogens (tertiary/aromatic N) is 3. The van der Waals surface area contributed by atoms with Crippen molar-refractivity contribution in [3.63, 3.8) is 0 Å². The molecule has 45 heavy (non-hydrogen) atoms. The summed E-state index contributed by atoms with van der Waals surface area (Å²) in [5.74, 6) is 1.13. The number of benzene rings is 2. The van der Waals surface area contributed by atoms with E-state index in [2.05, 4.69) is 10.3 Å². The fraction of sp³-hybridized carbons (Fsp3) is 0.531. The van der Waals surface area contributed by atoms with Crippen LogP contribution in [-0.2, 0) is 15.7 Å². The van der Waals surface area contributed by atoms with Crippen molar-refractivity contribution in [2.75, 3.05) is 64.2 Å². The summed E-state index contributed by atoms with van der Waals surface area (Å²) in [7, 11) is -1.65. The maximum absolute atomic E-state index is 13.8. The molecule has 2 saturated heterocycles. The molecule has 0 aliphatic carbocycles. The second kappa shape index (κ2) is 13.4. The lowest BCUT2D eigenvalue weighted by molar-refractivity contribution is 0.0747. The van der Waals surface area contributed by atoms with E-state index in [-0.39, 0.29) is 62.6 Å². The molecular weight excluding hydrogens is 599 g/mol. The first kappa shape index (κ1) is 31.4. The monoisotopic (exact) mass is 640 g/mol. The topological polar surface area (TPSA) is 139 Å². The minimum atomic E-state index is -3.17. The molecule has 4 heterocycles. The minimum Gasteiger partial charge on any atom is -0.493 e. The van der Waals surface area contributed by atoms with Crippen LogP contribution in [0, 0.1) is 0 Å². The van der Waals surface area contributed by atoms with Gasteiger partial charge in [-0.15, -0.1) is 0 Å². The van der Waals surface area contributed by atoms with E-state index in [1.807, 2.05) is 16.0 Å². The second-order valence-electron chi connectivity index (χ2n) is 11.7. The summed E-state index contributed by atoms with van der Waals surface area (Å²) in [5, 5.41) is 13.4. The smallest absolute Gasteiger partial charge is 0.256 e. The van der Waals surface area contributed by atoms with Gasteiger partial charge in [-0.3, -0.25) is 19.1 Å². The molecule has 0 spiro atoms. The summed E-state index contributed by atoms with van der Waals surface area (Å²) >= 11 is 0. The quantitative estimate of drug-likeness (QED) is 0.325. The predicted octanol–water partition coefficient (Wildman–Crippen LogP) is 4.31. The van der Waals surface area contributed by atoms with Gasteiger partial charge in [0.2, 0.25) is 7.37 Å². The molecule has 2 aromatic rings. The van der Waals surface area contributed by atoms with Crippen molar-refractivity contribution in [1.29, 1.82) is 0 Å². The fourth-order valence-corrected chi connectivity index (χ4v) is 8.28. The van der Waals surface area contributed by atoms with Gasteiger partial charge in [0.05, 0.1) is 74.4 Å². The minimum absolute atomic E-state index is 0.00438. The molecule has 1 unspecified atom stereocenters. The summed E-state index contributed by atoms with van der Waals surface area (Å²) in [4.78, 5) is 34.6. The molecule has 0 bridgehead atoms. The molecule has 2 aromatic carbocycles. The lowest BCUT2D eigenvalue weighted by atomic mass is 10.1. The first-order valence-corrected chi connectivity index (χ1v) is 17.7. The molecule has 242 valence electrons. The Labute approximate surface area is 263 Å². The number of amides is 2. The van der Waals surface area contributed by atoms with Crippen molar-refractivity contribution in [1.82, 2.24) is 9.80 Å². The third-order valence-corrected chi connectivity index (χ3v) is 11.4. The molecule has 13 heteroatoms. The molecule has 12 nitrogen and oxygen atoms in total. The first-order valence-electron chi connectivity index (χ1n) is 15.7. The SMILES string of the molecule is CCOP(=O)(CCOc1cc2c(cc1CO)C(=O)N1CCC[C@H]1CN2)CCOc1cc2c(cc1OC)C(=O)N1CCC[C@H]1C=N2. The maximum Gasteiger partial charge on any atom is 0.256 e. The number of aliphatic imine (C=N–C) groups is 1. The van der Waals surface area contributed by atoms with Crippen molar-refractivity contribution < 1.29 is 38.0 Å². The Morgan fingerprint density at radius 2 is 1.69 bits per heavy atom. The highest BCUT2D eigenvalue weighted by Gasteiger charge is 2.35. The van der Waals surface area contributed by atoms with Gasteiger partial charge in [-0.05, 0) is 44.7 Å². The zero-order chi connectivity index (χ0) is 31.6. The molecule has 6 rings (SSSR count). The summed E-state index contributed by atoms with van der Waals surface area (Å²) in [6.07, 6.45) is 5.88. The summed E-state index contributed by atoms with van der Waals surface area (Å²) in [6.45, 7) is 4.02. The molecule has 0 aromatic heterocycles. The number of anilines is 1. The molecule has 2 fully saturated rings. The van der Waals surface area contributed by atoms with Gasteiger partial charge in [0.1, 0.15) is 5.75 Å². The third kappa shape index (κ3) is 6.41. The van der Waals surface area contributed by atoms with E-state index in [1.165, 1.54) is 7.11 Å². The van der Waals surface area contributed by atoms with Gasteiger partial charge in [0, 0.05) is 49.6 Å². The lowest BCUT2D eigenvalue weighted by Gasteiger charge is -2.22. The van der Waals surface area contributed by atoms with Gasteiger partial charge < -0.3 is 39.0 Å². The van der Waals surface area contributed by atoms with Gasteiger partial charge in [0.25, 0.3) is 11.8 Å². The van der Waals surface area contributed by atoms with Crippen LogP contribution in [0.3, 0.4) is 0 Å². The van der Waals surface area contributed by atoms with Crippen LogP contribution in [0.15, 0.2) is 29.3 Å². The van der Waals surface area contributed by atoms with Crippen LogP contribution in [0.4, 0.5) is 11.4 Å². The Balaban J connectivity index is 1.10. The number of fused-ring (bicyclic) bond motifs is 4. The Morgan fingerprint density at radius 1 is 0.956 bits per heavy atom. The molecule has 0 saturated carbocycles. The number of ether oxygens (including phenoxy) is 3. The van der Waals surface area contributed by atoms with Crippen molar-refractivity contribution in [3.8, 4) is 17.2 Å². The number of aliphatic hydroxyl groups is 1. The number of aliphatic hydroxyl groups excluding tert-OH is 1. The predicted molar refractivity (Wildman–Crippen MR) is 170 cm³/mol. The Morgan fingerprint density at radius 3 is 2.44 bits per heavy atom. The van der Waals surface area contributed by atoms with Crippen LogP contribution in [-0.4, -0.2) is 104 Å². The van der Waals surface area contributed by atoms with Crippen LogP contribution in [0.5, 0.6) is 17.2 Å². The third-order valence-electron chi connectivity index (χ3n) is 8.97. The molecule has 2 N–H and O–H groups in total. The van der Waals surface area contributed by atoms with E-state index in [0.717, 1.165) is 32.2 Å². The van der Waals surface area contributed by atoms with Crippen LogP contribution < -0.4 is 19.5 Å². The normalized spacial score (nSPS) is 21.6.